The molecule has 0 spiro atoms. The number of azide groups is 1. The molecule has 3 fully saturated rings. The maximum atomic E-state index is 14.6. The number of methoxy groups -OCH3 is 1. The van der Waals surface area contributed by atoms with Crippen LogP contribution in [-0.2, 0) is 33.3 Å². The Bertz CT molecular complexity index is 1280. The number of aliphatic hydroxyl groups excluding tert-OH is 1. The maximum Gasteiger partial charge on any atom is 0.410 e. The number of ether oxygens (including phenoxy) is 5. The molecule has 0 aliphatic carbocycles. The van der Waals surface area contributed by atoms with Crippen LogP contribution in [0.5, 0.6) is 0 Å². The van der Waals surface area contributed by atoms with Crippen molar-refractivity contribution in [1.82, 2.24) is 15.1 Å². The van der Waals surface area contributed by atoms with Crippen LogP contribution in [0.4, 0.5) is 4.79 Å². The van der Waals surface area contributed by atoms with Gasteiger partial charge in [-0.15, -0.1) is 6.58 Å². The van der Waals surface area contributed by atoms with Crippen molar-refractivity contribution in [2.75, 3.05) is 40.8 Å². The minimum Gasteiger partial charge on any atom is -0.457 e. The monoisotopic (exact) mass is 736 g/mol. The van der Waals surface area contributed by atoms with Gasteiger partial charge in [0.05, 0.1) is 23.9 Å². The number of nitrogens with one attached hydrogen (secondary N) is 1. The number of carbonyl (C=O) groups excluding carboxylic acids is 3. The molecule has 0 aromatic rings. The van der Waals surface area contributed by atoms with Crippen molar-refractivity contribution in [1.29, 1.82) is 0 Å². The van der Waals surface area contributed by atoms with Gasteiger partial charge in [-0.25, -0.2) is 4.79 Å². The van der Waals surface area contributed by atoms with Gasteiger partial charge in [-0.05, 0) is 98.3 Å². The second kappa shape index (κ2) is 19.0. The molecule has 3 rings (SSSR count). The van der Waals surface area contributed by atoms with Crippen LogP contribution in [0.25, 0.3) is 10.4 Å². The topological polar surface area (TPSA) is 185 Å². The van der Waals surface area contributed by atoms with Gasteiger partial charge in [0, 0.05) is 43.1 Å². The van der Waals surface area contributed by atoms with E-state index in [-0.39, 0.29) is 30.5 Å². The lowest BCUT2D eigenvalue weighted by molar-refractivity contribution is -0.295. The average molecular weight is 737 g/mol. The summed E-state index contributed by atoms with van der Waals surface area (Å²) in [7, 11) is 5.36. The van der Waals surface area contributed by atoms with Crippen LogP contribution >= 0.6 is 0 Å². The Hall–Kier alpha value is -2.78. The van der Waals surface area contributed by atoms with Crippen molar-refractivity contribution < 1.29 is 43.2 Å². The first-order chi connectivity index (χ1) is 24.5. The number of fused-ring (bicyclic) bond motifs is 1. The van der Waals surface area contributed by atoms with Gasteiger partial charge in [0.2, 0.25) is 0 Å². The second-order valence-electron chi connectivity index (χ2n) is 15.6. The third kappa shape index (κ3) is 9.85. The lowest BCUT2D eigenvalue weighted by Gasteiger charge is -2.46. The van der Waals surface area contributed by atoms with Crippen molar-refractivity contribution >= 4 is 17.8 Å². The molecule has 52 heavy (non-hydrogen) atoms. The molecule has 3 heterocycles. The minimum atomic E-state index is -1.25. The first-order valence-corrected chi connectivity index (χ1v) is 18.8. The Balaban J connectivity index is 2.09. The molecule has 15 heteroatoms. The number of carbonyl (C=O) groups is 3. The summed E-state index contributed by atoms with van der Waals surface area (Å²) in [5.74, 6) is -3.32. The smallest absolute Gasteiger partial charge is 0.410 e. The predicted molar refractivity (Wildman–Crippen MR) is 195 cm³/mol. The molecule has 3 aliphatic rings. The van der Waals surface area contributed by atoms with E-state index in [2.05, 4.69) is 28.8 Å². The number of ketones is 1. The van der Waals surface area contributed by atoms with Crippen molar-refractivity contribution in [3.8, 4) is 0 Å². The van der Waals surface area contributed by atoms with Crippen LogP contribution in [0.3, 0.4) is 0 Å². The molecule has 0 bridgehead atoms. The molecule has 0 aromatic carbocycles. The van der Waals surface area contributed by atoms with Crippen molar-refractivity contribution in [2.24, 2.45) is 22.9 Å². The van der Waals surface area contributed by atoms with Gasteiger partial charge in [-0.1, -0.05) is 32.0 Å². The normalized spacial score (nSPS) is 39.5. The number of hydrogen-bond acceptors (Lipinski definition) is 12. The summed E-state index contributed by atoms with van der Waals surface area (Å²) in [6.45, 7) is 18.2. The zero-order valence-corrected chi connectivity index (χ0v) is 32.9. The highest BCUT2D eigenvalue weighted by Crippen LogP contribution is 2.40. The van der Waals surface area contributed by atoms with E-state index in [1.807, 2.05) is 46.7 Å². The number of esters is 1. The fraction of sp³-hybridized carbons (Fsp3) is 0.865. The van der Waals surface area contributed by atoms with Gasteiger partial charge in [-0.3, -0.25) is 14.5 Å². The van der Waals surface area contributed by atoms with Crippen molar-refractivity contribution in [3.63, 3.8) is 0 Å². The van der Waals surface area contributed by atoms with Crippen LogP contribution in [0.15, 0.2) is 17.8 Å². The Labute approximate surface area is 309 Å². The third-order valence-corrected chi connectivity index (χ3v) is 11.3. The number of unbranched alkanes of at least 4 members (excludes halogenated alkanes) is 1. The number of cyclic esters (lactones) is 1. The maximum absolute atomic E-state index is 14.6. The molecule has 296 valence electrons. The van der Waals surface area contributed by atoms with Gasteiger partial charge >= 0.3 is 12.1 Å². The fourth-order valence-corrected chi connectivity index (χ4v) is 8.45. The second-order valence-corrected chi connectivity index (χ2v) is 15.6. The molecule has 0 saturated carbocycles. The number of rotatable bonds is 12. The van der Waals surface area contributed by atoms with Crippen molar-refractivity contribution in [2.45, 2.75) is 147 Å². The fourth-order valence-electron chi connectivity index (χ4n) is 8.45. The molecular formula is C37H64N6O9. The van der Waals surface area contributed by atoms with E-state index < -0.39 is 71.5 Å². The van der Waals surface area contributed by atoms with Gasteiger partial charge in [0.1, 0.15) is 18.1 Å². The van der Waals surface area contributed by atoms with Gasteiger partial charge in [0.25, 0.3) is 0 Å². The molecule has 3 aliphatic heterocycles. The summed E-state index contributed by atoms with van der Waals surface area (Å²) in [6.07, 6.45) is -0.550. The molecule has 0 aromatic heterocycles. The van der Waals surface area contributed by atoms with Gasteiger partial charge in [0.15, 0.2) is 17.7 Å². The van der Waals surface area contributed by atoms with E-state index in [4.69, 9.17) is 29.2 Å². The number of allylic oxidation sites excluding steroid dienone is 1. The summed E-state index contributed by atoms with van der Waals surface area (Å²) in [6, 6.07) is -1.09. The number of likely N-dealkylation sites (N-methyl/N-ethyl adjacent to an activating group) is 1. The molecular weight excluding hydrogens is 672 g/mol. The minimum absolute atomic E-state index is 0.0166. The standard InChI is InChI=1S/C37H64N6O9/c1-12-16-26-29(44)24(5)32(51-34-30(45)27(42(9)10)19-23(4)49-34)36(7,48-11)20-22(3)21-39-25(6)31-37(8,28(13-2)50-33(26)46)52-35(47)43(31)18-15-14-17-40-41-38/h12,22-28,30-32,34,39,45H,1,13-21H2,2-11H3/t22-,23-,24-,25-,26-,27?,28-,30?,31-,32-,34+,36-,37-/m1/s1. The zero-order valence-electron chi connectivity index (χ0n) is 32.9. The largest absolute Gasteiger partial charge is 0.457 e. The highest BCUT2D eigenvalue weighted by Gasteiger charge is 2.59. The summed E-state index contributed by atoms with van der Waals surface area (Å²) >= 11 is 0. The quantitative estimate of drug-likeness (QED) is 0.0543. The molecule has 0 radical (unpaired) electrons. The van der Waals surface area contributed by atoms with Crippen LogP contribution in [0.1, 0.15) is 87.0 Å². The van der Waals surface area contributed by atoms with Crippen LogP contribution in [-0.4, -0.2) is 134 Å². The summed E-state index contributed by atoms with van der Waals surface area (Å²) in [5.41, 5.74) is 6.36. The Kier molecular flexibility index (Phi) is 15.9. The highest BCUT2D eigenvalue weighted by molar-refractivity contribution is 6.00. The van der Waals surface area contributed by atoms with E-state index >= 15 is 0 Å². The van der Waals surface area contributed by atoms with Crippen LogP contribution in [0.2, 0.25) is 0 Å². The number of Topliss-reactive ketones (excluding diaryl/α,β-unsaturated/α-hetero) is 1. The van der Waals surface area contributed by atoms with E-state index in [1.54, 1.807) is 25.9 Å². The Morgan fingerprint density at radius 2 is 1.88 bits per heavy atom. The number of nitrogens with zero attached hydrogens (tertiary/aromatic N) is 5. The summed E-state index contributed by atoms with van der Waals surface area (Å²) in [5, 5.41) is 18.7. The molecule has 13 atom stereocenters. The van der Waals surface area contributed by atoms with Crippen molar-refractivity contribution in [3.05, 3.63) is 23.1 Å². The van der Waals surface area contributed by atoms with Crippen LogP contribution in [0, 0.1) is 17.8 Å². The summed E-state index contributed by atoms with van der Waals surface area (Å²) < 4.78 is 31.4. The molecule has 2 N–H and O–H groups in total. The predicted octanol–water partition coefficient (Wildman–Crippen LogP) is 4.61. The van der Waals surface area contributed by atoms with E-state index in [9.17, 15) is 19.5 Å². The Morgan fingerprint density at radius 3 is 2.48 bits per heavy atom. The van der Waals surface area contributed by atoms with Crippen LogP contribution < -0.4 is 5.32 Å². The number of aliphatic hydroxyl groups is 1. The lowest BCUT2D eigenvalue weighted by atomic mass is 9.77. The average Bonchev–Trinajstić information content (AvgIpc) is 3.36. The number of amides is 1. The SMILES string of the molecule is C=CC[C@H]1C(=O)O[C@H](CC)[C@@]2(C)OC(=O)N(CCCCN=[N+]=[N-])[C@@H]2[C@@H](C)NC[C@H](C)C[C@@](C)(OC)[C@H](O[C@@H]2O[C@H](C)CC(N(C)C)C2O)[C@H](C)C1=O. The van der Waals surface area contributed by atoms with E-state index in [0.717, 1.165) is 0 Å². The van der Waals surface area contributed by atoms with Gasteiger partial charge < -0.3 is 39.0 Å². The summed E-state index contributed by atoms with van der Waals surface area (Å²) in [4.78, 5) is 48.7. The van der Waals surface area contributed by atoms with Gasteiger partial charge in [-0.2, -0.15) is 0 Å². The molecule has 2 unspecified atom stereocenters. The number of hydrogen-bond donors (Lipinski definition) is 2. The molecule has 1 amide bonds. The zero-order chi connectivity index (χ0) is 39.0. The highest BCUT2D eigenvalue weighted by atomic mass is 16.7. The first kappa shape index (κ1) is 43.6. The van der Waals surface area contributed by atoms with E-state index in [1.165, 1.54) is 6.08 Å². The molecule has 15 nitrogen and oxygen atoms in total. The van der Waals surface area contributed by atoms with E-state index in [0.29, 0.717) is 51.7 Å². The lowest BCUT2D eigenvalue weighted by Crippen LogP contribution is -2.61. The molecule has 3 saturated heterocycles. The first-order valence-electron chi connectivity index (χ1n) is 18.8. The third-order valence-electron chi connectivity index (χ3n) is 11.3. The Morgan fingerprint density at radius 1 is 1.19 bits per heavy atom.